The highest BCUT2D eigenvalue weighted by Gasteiger charge is 2.32. The number of likely N-dealkylation sites (tertiary alicyclic amines) is 1. The van der Waals surface area contributed by atoms with E-state index >= 15 is 0 Å². The number of aryl methyl sites for hydroxylation is 1. The number of benzene rings is 2. The number of hydrogen-bond donors (Lipinski definition) is 0. The minimum Gasteiger partial charge on any atom is -0.454 e. The second kappa shape index (κ2) is 8.31. The molecule has 5 heteroatoms. The second-order valence-electron chi connectivity index (χ2n) is 8.81. The molecule has 1 saturated heterocycles. The van der Waals surface area contributed by atoms with Crippen LogP contribution >= 0.6 is 0 Å². The van der Waals surface area contributed by atoms with Crippen molar-refractivity contribution >= 4 is 5.91 Å². The van der Waals surface area contributed by atoms with Gasteiger partial charge in [0.15, 0.2) is 11.5 Å². The summed E-state index contributed by atoms with van der Waals surface area (Å²) in [5, 5.41) is 0. The molecule has 2 aliphatic heterocycles. The molecule has 2 heterocycles. The molecule has 1 amide bonds. The predicted octanol–water partition coefficient (Wildman–Crippen LogP) is 3.44. The first-order chi connectivity index (χ1) is 14.7. The summed E-state index contributed by atoms with van der Waals surface area (Å²) in [5.74, 6) is 1.81. The number of carbonyl (C=O) groups excluding carboxylic acids is 1. The first-order valence-corrected chi connectivity index (χ1v) is 11.1. The Bertz CT molecular complexity index is 903. The Morgan fingerprint density at radius 1 is 1.10 bits per heavy atom. The summed E-state index contributed by atoms with van der Waals surface area (Å²) >= 11 is 0. The molecule has 2 aromatic carbocycles. The standard InChI is InChI=1S/C25H30N2O3/c1-26(25(28)11-9-18-8-10-23-24(13-18)30-17-29-23)21-7-4-12-27(16-21)22-14-19-5-2-3-6-20(19)15-22/h2-3,5-6,8,10,13,21-22H,4,7,9,11-12,14-17H2,1H3/t21-/m1/s1. The van der Waals surface area contributed by atoms with Crippen molar-refractivity contribution in [2.75, 3.05) is 26.9 Å². The molecule has 0 N–H and O–H groups in total. The smallest absolute Gasteiger partial charge is 0.231 e. The van der Waals surface area contributed by atoms with Gasteiger partial charge in [-0.3, -0.25) is 9.69 Å². The molecule has 5 nitrogen and oxygen atoms in total. The van der Waals surface area contributed by atoms with Crippen LogP contribution in [0.2, 0.25) is 0 Å². The SMILES string of the molecule is CN(C(=O)CCc1ccc2c(c1)OCO2)[C@@H]1CCCN(C2Cc3ccccc3C2)C1. The molecule has 0 aromatic heterocycles. The van der Waals surface area contributed by atoms with E-state index in [2.05, 4.69) is 29.2 Å². The van der Waals surface area contributed by atoms with E-state index in [9.17, 15) is 4.79 Å². The average Bonchev–Trinajstić information content (AvgIpc) is 3.43. The van der Waals surface area contributed by atoms with Crippen LogP contribution in [-0.4, -0.2) is 54.7 Å². The number of fused-ring (bicyclic) bond motifs is 2. The van der Waals surface area contributed by atoms with Crippen molar-refractivity contribution in [3.63, 3.8) is 0 Å². The maximum absolute atomic E-state index is 12.9. The highest BCUT2D eigenvalue weighted by molar-refractivity contribution is 5.76. The molecule has 0 saturated carbocycles. The van der Waals surface area contributed by atoms with Gasteiger partial charge in [0.05, 0.1) is 0 Å². The molecule has 158 valence electrons. The number of likely N-dealkylation sites (N-methyl/N-ethyl adjacent to an activating group) is 1. The van der Waals surface area contributed by atoms with Gasteiger partial charge in [-0.2, -0.15) is 0 Å². The van der Waals surface area contributed by atoms with Crippen LogP contribution in [0.4, 0.5) is 0 Å². The van der Waals surface area contributed by atoms with Crippen molar-refractivity contribution in [1.29, 1.82) is 0 Å². The lowest BCUT2D eigenvalue weighted by atomic mass is 10.0. The van der Waals surface area contributed by atoms with Crippen molar-refractivity contribution in [3.8, 4) is 11.5 Å². The van der Waals surface area contributed by atoms with Gasteiger partial charge in [0.2, 0.25) is 12.7 Å². The van der Waals surface area contributed by atoms with Gasteiger partial charge in [0.1, 0.15) is 0 Å². The van der Waals surface area contributed by atoms with Crippen molar-refractivity contribution in [2.24, 2.45) is 0 Å². The van der Waals surface area contributed by atoms with E-state index in [0.29, 0.717) is 18.5 Å². The normalized spacial score (nSPS) is 20.9. The fourth-order valence-corrected chi connectivity index (χ4v) is 5.15. The number of rotatable bonds is 5. The summed E-state index contributed by atoms with van der Waals surface area (Å²) in [6.45, 7) is 2.42. The van der Waals surface area contributed by atoms with E-state index in [1.165, 1.54) is 11.1 Å². The van der Waals surface area contributed by atoms with Crippen molar-refractivity contribution in [3.05, 3.63) is 59.2 Å². The largest absolute Gasteiger partial charge is 0.454 e. The van der Waals surface area contributed by atoms with E-state index in [1.807, 2.05) is 30.1 Å². The summed E-state index contributed by atoms with van der Waals surface area (Å²) in [6, 6.07) is 15.7. The van der Waals surface area contributed by atoms with Gasteiger partial charge >= 0.3 is 0 Å². The van der Waals surface area contributed by atoms with E-state index in [-0.39, 0.29) is 12.7 Å². The topological polar surface area (TPSA) is 42.0 Å². The Hall–Kier alpha value is -2.53. The van der Waals surface area contributed by atoms with Gasteiger partial charge < -0.3 is 14.4 Å². The number of nitrogens with zero attached hydrogens (tertiary/aromatic N) is 2. The third kappa shape index (κ3) is 3.91. The fraction of sp³-hybridized carbons (Fsp3) is 0.480. The monoisotopic (exact) mass is 406 g/mol. The lowest BCUT2D eigenvalue weighted by Crippen LogP contribution is -2.51. The zero-order chi connectivity index (χ0) is 20.5. The van der Waals surface area contributed by atoms with Crippen LogP contribution in [-0.2, 0) is 24.1 Å². The molecule has 2 aromatic rings. The molecule has 1 aliphatic carbocycles. The van der Waals surface area contributed by atoms with Crippen molar-refractivity contribution in [2.45, 2.75) is 50.6 Å². The average molecular weight is 407 g/mol. The molecule has 0 unspecified atom stereocenters. The van der Waals surface area contributed by atoms with Crippen LogP contribution < -0.4 is 9.47 Å². The molecule has 0 spiro atoms. The molecule has 1 atom stereocenters. The third-order valence-electron chi connectivity index (χ3n) is 6.98. The fourth-order valence-electron chi connectivity index (χ4n) is 5.15. The Kier molecular flexibility index (Phi) is 5.38. The van der Waals surface area contributed by atoms with Gasteiger partial charge in [-0.25, -0.2) is 0 Å². The zero-order valence-electron chi connectivity index (χ0n) is 17.7. The maximum atomic E-state index is 12.9. The van der Waals surface area contributed by atoms with Crippen LogP contribution in [0.25, 0.3) is 0 Å². The summed E-state index contributed by atoms with van der Waals surface area (Å²) in [6.07, 6.45) is 5.81. The molecule has 3 aliphatic rings. The quantitative estimate of drug-likeness (QED) is 0.763. The van der Waals surface area contributed by atoms with Crippen LogP contribution in [0, 0.1) is 0 Å². The lowest BCUT2D eigenvalue weighted by molar-refractivity contribution is -0.133. The Morgan fingerprint density at radius 3 is 2.67 bits per heavy atom. The highest BCUT2D eigenvalue weighted by Crippen LogP contribution is 2.33. The van der Waals surface area contributed by atoms with Crippen LogP contribution in [0.1, 0.15) is 36.0 Å². The molecule has 0 bridgehead atoms. The summed E-state index contributed by atoms with van der Waals surface area (Å²) < 4.78 is 10.8. The predicted molar refractivity (Wildman–Crippen MR) is 116 cm³/mol. The molecule has 5 rings (SSSR count). The van der Waals surface area contributed by atoms with Gasteiger partial charge in [-0.1, -0.05) is 30.3 Å². The Balaban J connectivity index is 1.15. The number of piperidine rings is 1. The summed E-state index contributed by atoms with van der Waals surface area (Å²) in [5.41, 5.74) is 4.12. The highest BCUT2D eigenvalue weighted by atomic mass is 16.7. The number of ether oxygens (including phenoxy) is 2. The first-order valence-electron chi connectivity index (χ1n) is 11.1. The zero-order valence-corrected chi connectivity index (χ0v) is 17.7. The minimum atomic E-state index is 0.231. The first kappa shape index (κ1) is 19.4. The van der Waals surface area contributed by atoms with Gasteiger partial charge in [0, 0.05) is 32.1 Å². The third-order valence-corrected chi connectivity index (χ3v) is 6.98. The van der Waals surface area contributed by atoms with E-state index in [0.717, 1.165) is 62.3 Å². The molecular formula is C25H30N2O3. The van der Waals surface area contributed by atoms with E-state index in [4.69, 9.17) is 9.47 Å². The molecular weight excluding hydrogens is 376 g/mol. The Labute approximate surface area is 178 Å². The molecule has 1 fully saturated rings. The minimum absolute atomic E-state index is 0.231. The van der Waals surface area contributed by atoms with E-state index in [1.54, 1.807) is 0 Å². The second-order valence-corrected chi connectivity index (χ2v) is 8.81. The van der Waals surface area contributed by atoms with Gasteiger partial charge in [0.25, 0.3) is 0 Å². The van der Waals surface area contributed by atoms with Crippen LogP contribution in [0.5, 0.6) is 11.5 Å². The maximum Gasteiger partial charge on any atom is 0.231 e. The number of carbonyl (C=O) groups is 1. The van der Waals surface area contributed by atoms with E-state index < -0.39 is 0 Å². The van der Waals surface area contributed by atoms with Crippen molar-refractivity contribution in [1.82, 2.24) is 9.80 Å². The van der Waals surface area contributed by atoms with Crippen molar-refractivity contribution < 1.29 is 14.3 Å². The van der Waals surface area contributed by atoms with Crippen LogP contribution in [0.3, 0.4) is 0 Å². The molecule has 0 radical (unpaired) electrons. The molecule has 30 heavy (non-hydrogen) atoms. The Morgan fingerprint density at radius 2 is 1.87 bits per heavy atom. The van der Waals surface area contributed by atoms with Crippen LogP contribution in [0.15, 0.2) is 42.5 Å². The number of hydrogen-bond acceptors (Lipinski definition) is 4. The number of amides is 1. The van der Waals surface area contributed by atoms with Gasteiger partial charge in [-0.15, -0.1) is 0 Å². The lowest BCUT2D eigenvalue weighted by Gasteiger charge is -2.40. The van der Waals surface area contributed by atoms with Gasteiger partial charge in [-0.05, 0) is 67.5 Å². The summed E-state index contributed by atoms with van der Waals surface area (Å²) in [7, 11) is 1.99. The summed E-state index contributed by atoms with van der Waals surface area (Å²) in [4.78, 5) is 17.5.